The van der Waals surface area contributed by atoms with E-state index in [0.29, 0.717) is 17.5 Å². The van der Waals surface area contributed by atoms with Crippen molar-refractivity contribution in [3.05, 3.63) is 66.8 Å². The molecule has 0 saturated carbocycles. The predicted molar refractivity (Wildman–Crippen MR) is 95.3 cm³/mol. The van der Waals surface area contributed by atoms with Gasteiger partial charge in [0.15, 0.2) is 0 Å². The molecule has 2 N–H and O–H groups in total. The van der Waals surface area contributed by atoms with Crippen molar-refractivity contribution in [1.82, 2.24) is 9.97 Å². The van der Waals surface area contributed by atoms with Crippen LogP contribution in [0.25, 0.3) is 28.2 Å². The van der Waals surface area contributed by atoms with Crippen LogP contribution in [0.3, 0.4) is 0 Å². The summed E-state index contributed by atoms with van der Waals surface area (Å²) in [7, 11) is -4.42. The molecule has 0 amide bonds. The van der Waals surface area contributed by atoms with Crippen molar-refractivity contribution in [3.63, 3.8) is 0 Å². The number of aromatic amines is 1. The highest BCUT2D eigenvalue weighted by molar-refractivity contribution is 7.85. The second-order valence-electron chi connectivity index (χ2n) is 5.30. The van der Waals surface area contributed by atoms with Crippen LogP contribution in [0.2, 0.25) is 0 Å². The minimum Gasteiger partial charge on any atom is -0.326 e. The number of rotatable bonds is 5. The quantitative estimate of drug-likeness (QED) is 0.546. The van der Waals surface area contributed by atoms with Crippen molar-refractivity contribution in [2.24, 2.45) is 0 Å². The van der Waals surface area contributed by atoms with Gasteiger partial charge in [-0.3, -0.25) is 4.55 Å². The van der Waals surface area contributed by atoms with Crippen LogP contribution < -0.4 is 0 Å². The molecular weight excluding hydrogens is 324 g/mol. The Kier molecular flexibility index (Phi) is 4.09. The predicted octanol–water partition coefficient (Wildman–Crippen LogP) is 3.85. The van der Waals surface area contributed by atoms with E-state index in [-0.39, 0.29) is 0 Å². The van der Waals surface area contributed by atoms with Crippen molar-refractivity contribution in [2.75, 3.05) is 0 Å². The topological polar surface area (TPSA) is 83.1 Å². The van der Waals surface area contributed by atoms with Crippen LogP contribution in [0.5, 0.6) is 0 Å². The Morgan fingerprint density at radius 1 is 1.21 bits per heavy atom. The zero-order valence-corrected chi connectivity index (χ0v) is 13.7. The highest BCUT2D eigenvalue weighted by atomic mass is 32.2. The minimum atomic E-state index is -4.42. The Morgan fingerprint density at radius 3 is 2.50 bits per heavy atom. The largest absolute Gasteiger partial charge is 0.328 e. The molecule has 0 saturated heterocycles. The average molecular weight is 340 g/mol. The van der Waals surface area contributed by atoms with Crippen LogP contribution in [0, 0.1) is 0 Å². The second-order valence-corrected chi connectivity index (χ2v) is 6.64. The fourth-order valence-corrected chi connectivity index (χ4v) is 3.23. The van der Waals surface area contributed by atoms with Gasteiger partial charge in [0.2, 0.25) is 0 Å². The van der Waals surface area contributed by atoms with Gasteiger partial charge in [-0.2, -0.15) is 8.42 Å². The van der Waals surface area contributed by atoms with Crippen LogP contribution in [0.4, 0.5) is 0 Å². The molecule has 1 aromatic heterocycles. The Morgan fingerprint density at radius 2 is 1.92 bits per heavy atom. The maximum Gasteiger partial charge on any atom is 0.328 e. The lowest BCUT2D eigenvalue weighted by atomic mass is 9.92. The van der Waals surface area contributed by atoms with E-state index < -0.39 is 15.3 Å². The summed E-state index contributed by atoms with van der Waals surface area (Å²) < 4.78 is 32.2. The minimum absolute atomic E-state index is 0.462. The first-order valence-corrected chi connectivity index (χ1v) is 8.71. The SMILES string of the molecule is C=CCc1cc2nc(S(=O)(=O)O)[nH]c2c(-c2ccccc2)c1C=C. The summed E-state index contributed by atoms with van der Waals surface area (Å²) in [6.45, 7) is 7.65. The molecule has 0 aliphatic heterocycles. The highest BCUT2D eigenvalue weighted by Gasteiger charge is 2.20. The molecule has 0 unspecified atom stereocenters. The lowest BCUT2D eigenvalue weighted by Gasteiger charge is -2.12. The Labute approximate surface area is 140 Å². The molecule has 3 aromatic rings. The number of benzene rings is 2. The molecule has 1 heterocycles. The molecule has 0 fully saturated rings. The maximum atomic E-state index is 11.4. The molecule has 6 heteroatoms. The molecule has 5 nitrogen and oxygen atoms in total. The Balaban J connectivity index is 2.46. The van der Waals surface area contributed by atoms with Gasteiger partial charge in [0.05, 0.1) is 11.0 Å². The fourth-order valence-electron chi connectivity index (χ4n) is 2.78. The van der Waals surface area contributed by atoms with Gasteiger partial charge in [-0.1, -0.05) is 49.1 Å². The molecule has 2 aromatic carbocycles. The summed E-state index contributed by atoms with van der Waals surface area (Å²) >= 11 is 0. The third-order valence-corrected chi connectivity index (χ3v) is 4.44. The van der Waals surface area contributed by atoms with Crippen molar-refractivity contribution in [1.29, 1.82) is 0 Å². The molecule has 0 bridgehead atoms. The lowest BCUT2D eigenvalue weighted by Crippen LogP contribution is -1.99. The first-order chi connectivity index (χ1) is 11.5. The first-order valence-electron chi connectivity index (χ1n) is 7.27. The van der Waals surface area contributed by atoms with Gasteiger partial charge in [-0.25, -0.2) is 4.98 Å². The van der Waals surface area contributed by atoms with Crippen LogP contribution in [-0.4, -0.2) is 22.9 Å². The number of nitrogens with one attached hydrogen (secondary N) is 1. The number of allylic oxidation sites excluding steroid dienone is 1. The van der Waals surface area contributed by atoms with Crippen molar-refractivity contribution in [3.8, 4) is 11.1 Å². The fraction of sp³-hybridized carbons (Fsp3) is 0.0556. The van der Waals surface area contributed by atoms with Crippen molar-refractivity contribution in [2.45, 2.75) is 11.6 Å². The summed E-state index contributed by atoms with van der Waals surface area (Å²) in [4.78, 5) is 6.75. The summed E-state index contributed by atoms with van der Waals surface area (Å²) in [6, 6.07) is 11.3. The molecule has 0 spiro atoms. The number of hydrogen-bond donors (Lipinski definition) is 2. The van der Waals surface area contributed by atoms with E-state index in [4.69, 9.17) is 0 Å². The molecule has 122 valence electrons. The standard InChI is InChI=1S/C18H16N2O3S/c1-3-8-13-11-15-17(20-18(19-15)24(21,22)23)16(14(13)4-2)12-9-6-5-7-10-12/h3-7,9-11H,1-2,8H2,(H,19,20)(H,21,22,23). The van der Waals surface area contributed by atoms with E-state index in [1.165, 1.54) is 0 Å². The van der Waals surface area contributed by atoms with Gasteiger partial charge in [-0.15, -0.1) is 6.58 Å². The average Bonchev–Trinajstić information content (AvgIpc) is 2.98. The van der Waals surface area contributed by atoms with Gasteiger partial charge < -0.3 is 4.98 Å². The van der Waals surface area contributed by atoms with Crippen molar-refractivity contribution >= 4 is 27.2 Å². The number of fused-ring (bicyclic) bond motifs is 1. The van der Waals surface area contributed by atoms with Gasteiger partial charge in [-0.05, 0) is 29.2 Å². The first kappa shape index (κ1) is 16.2. The molecule has 0 radical (unpaired) electrons. The maximum absolute atomic E-state index is 11.4. The zero-order chi connectivity index (χ0) is 17.3. The monoisotopic (exact) mass is 340 g/mol. The van der Waals surface area contributed by atoms with Gasteiger partial charge in [0.25, 0.3) is 5.16 Å². The van der Waals surface area contributed by atoms with Gasteiger partial charge >= 0.3 is 10.1 Å². The highest BCUT2D eigenvalue weighted by Crippen LogP contribution is 2.35. The zero-order valence-electron chi connectivity index (χ0n) is 12.9. The molecule has 0 aliphatic rings. The molecule has 3 rings (SSSR count). The third kappa shape index (κ3) is 2.77. The van der Waals surface area contributed by atoms with E-state index in [2.05, 4.69) is 23.1 Å². The summed E-state index contributed by atoms with van der Waals surface area (Å²) in [5.41, 5.74) is 4.50. The van der Waals surface area contributed by atoms with Crippen LogP contribution in [0.15, 0.2) is 60.8 Å². The van der Waals surface area contributed by atoms with Crippen molar-refractivity contribution < 1.29 is 13.0 Å². The van der Waals surface area contributed by atoms with Gasteiger partial charge in [0, 0.05) is 5.56 Å². The van der Waals surface area contributed by atoms with Crippen LogP contribution in [-0.2, 0) is 16.5 Å². The number of aromatic nitrogens is 2. The van der Waals surface area contributed by atoms with E-state index in [0.717, 1.165) is 22.3 Å². The van der Waals surface area contributed by atoms with E-state index in [1.807, 2.05) is 30.3 Å². The molecule has 24 heavy (non-hydrogen) atoms. The Bertz CT molecular complexity index is 1040. The normalized spacial score (nSPS) is 11.5. The van der Waals surface area contributed by atoms with E-state index in [9.17, 15) is 13.0 Å². The third-order valence-electron chi connectivity index (χ3n) is 3.76. The van der Waals surface area contributed by atoms with Crippen LogP contribution in [0.1, 0.15) is 11.1 Å². The number of imidazole rings is 1. The Hall–Kier alpha value is -2.70. The molecule has 0 atom stereocenters. The van der Waals surface area contributed by atoms with E-state index in [1.54, 1.807) is 18.2 Å². The summed E-state index contributed by atoms with van der Waals surface area (Å²) in [5, 5.41) is -0.472. The summed E-state index contributed by atoms with van der Waals surface area (Å²) in [6.07, 6.45) is 4.08. The number of H-pyrrole nitrogens is 1. The smallest absolute Gasteiger partial charge is 0.326 e. The second kappa shape index (κ2) is 6.07. The number of nitrogens with zero attached hydrogens (tertiary/aromatic N) is 1. The summed E-state index contributed by atoms with van der Waals surface area (Å²) in [5.74, 6) is 0. The molecule has 0 aliphatic carbocycles. The number of hydrogen-bond acceptors (Lipinski definition) is 3. The van der Waals surface area contributed by atoms with E-state index >= 15 is 0 Å². The lowest BCUT2D eigenvalue weighted by molar-refractivity contribution is 0.476. The molecular formula is C18H16N2O3S. The van der Waals surface area contributed by atoms with Crippen LogP contribution >= 0.6 is 0 Å². The van der Waals surface area contributed by atoms with Gasteiger partial charge in [0.1, 0.15) is 0 Å².